The average molecular weight is 397 g/mol. The largest absolute Gasteiger partial charge is 0.436 e. The van der Waals surface area contributed by atoms with Crippen molar-refractivity contribution in [2.75, 3.05) is 11.1 Å². The number of amides is 1. The molecule has 0 aliphatic rings. The smallest absolute Gasteiger partial charge is 0.293 e. The number of aromatic nitrogens is 5. The molecule has 3 heterocycles. The lowest BCUT2D eigenvalue weighted by Crippen LogP contribution is -2.12. The molecule has 0 unspecified atom stereocenters. The highest BCUT2D eigenvalue weighted by atomic mass is 19.1. The minimum atomic E-state index is -0.538. The highest BCUT2D eigenvalue weighted by Gasteiger charge is 2.18. The van der Waals surface area contributed by atoms with Gasteiger partial charge in [0.25, 0.3) is 11.7 Å². The van der Waals surface area contributed by atoms with Gasteiger partial charge in [-0.25, -0.2) is 18.9 Å². The first kappa shape index (κ1) is 19.9. The summed E-state index contributed by atoms with van der Waals surface area (Å²) >= 11 is 0. The van der Waals surface area contributed by atoms with Crippen LogP contribution in [0.3, 0.4) is 0 Å². The molecular weight excluding hydrogens is 377 g/mol. The molecule has 4 rings (SSSR count). The Morgan fingerprint density at radius 2 is 2.00 bits per heavy atom. The maximum atomic E-state index is 14.3. The van der Waals surface area contributed by atoms with E-state index in [9.17, 15) is 9.18 Å². The Bertz CT molecular complexity index is 1180. The lowest BCUT2D eigenvalue weighted by molar-refractivity contribution is 0.0994. The highest BCUT2D eigenvalue weighted by Crippen LogP contribution is 2.24. The van der Waals surface area contributed by atoms with Crippen molar-refractivity contribution in [3.05, 3.63) is 53.8 Å². The molecule has 1 aromatic carbocycles. The first-order valence-corrected chi connectivity index (χ1v) is 8.94. The molecule has 4 aromatic rings. The second kappa shape index (κ2) is 8.05. The van der Waals surface area contributed by atoms with Gasteiger partial charge in [0.05, 0.1) is 29.3 Å². The number of nitrogens with one attached hydrogen (secondary N) is 1. The first-order valence-electron chi connectivity index (χ1n) is 8.94. The van der Waals surface area contributed by atoms with E-state index in [4.69, 9.17) is 10.2 Å². The number of anilines is 2. The Kier molecular flexibility index (Phi) is 5.53. The van der Waals surface area contributed by atoms with E-state index in [2.05, 4.69) is 25.4 Å². The number of rotatable bonds is 3. The van der Waals surface area contributed by atoms with Crippen molar-refractivity contribution < 1.29 is 13.6 Å². The molecule has 0 saturated carbocycles. The Morgan fingerprint density at radius 1 is 1.24 bits per heavy atom. The Labute approximate surface area is 165 Å². The highest BCUT2D eigenvalue weighted by molar-refractivity contribution is 6.03. The molecule has 0 fully saturated rings. The molecule has 0 bridgehead atoms. The van der Waals surface area contributed by atoms with Gasteiger partial charge >= 0.3 is 0 Å². The van der Waals surface area contributed by atoms with Crippen LogP contribution in [0.1, 0.15) is 36.0 Å². The number of carbonyl (C=O) groups is 1. The molecule has 0 spiro atoms. The maximum Gasteiger partial charge on any atom is 0.293 e. The van der Waals surface area contributed by atoms with Gasteiger partial charge in [-0.2, -0.15) is 4.98 Å². The minimum Gasteiger partial charge on any atom is -0.436 e. The van der Waals surface area contributed by atoms with E-state index >= 15 is 0 Å². The molecule has 0 radical (unpaired) electrons. The van der Waals surface area contributed by atoms with Gasteiger partial charge < -0.3 is 15.5 Å². The summed E-state index contributed by atoms with van der Waals surface area (Å²) in [7, 11) is 0. The lowest BCUT2D eigenvalue weighted by Gasteiger charge is -2.06. The summed E-state index contributed by atoms with van der Waals surface area (Å²) in [5.74, 6) is -0.136. The van der Waals surface area contributed by atoms with Crippen molar-refractivity contribution in [1.29, 1.82) is 0 Å². The van der Waals surface area contributed by atoms with Crippen LogP contribution in [0.4, 0.5) is 15.8 Å². The van der Waals surface area contributed by atoms with Gasteiger partial charge in [0.2, 0.25) is 5.76 Å². The zero-order valence-electron chi connectivity index (χ0n) is 16.4. The van der Waals surface area contributed by atoms with Crippen LogP contribution in [0.15, 0.2) is 35.0 Å². The number of hydrogen-bond acceptors (Lipinski definition) is 7. The summed E-state index contributed by atoms with van der Waals surface area (Å²) < 4.78 is 21.0. The molecule has 1 amide bonds. The molecule has 0 aliphatic carbocycles. The third kappa shape index (κ3) is 4.05. The van der Waals surface area contributed by atoms with Crippen LogP contribution >= 0.6 is 0 Å². The summed E-state index contributed by atoms with van der Waals surface area (Å²) in [6, 6.07) is 4.09. The number of benzene rings is 1. The van der Waals surface area contributed by atoms with Crippen molar-refractivity contribution in [3.8, 4) is 11.4 Å². The van der Waals surface area contributed by atoms with Crippen molar-refractivity contribution >= 4 is 23.1 Å². The van der Waals surface area contributed by atoms with Crippen molar-refractivity contribution in [3.63, 3.8) is 0 Å². The van der Waals surface area contributed by atoms with E-state index in [1.165, 1.54) is 35.1 Å². The molecule has 3 aromatic heterocycles. The van der Waals surface area contributed by atoms with Crippen molar-refractivity contribution in [1.82, 2.24) is 24.6 Å². The van der Waals surface area contributed by atoms with E-state index in [0.29, 0.717) is 23.0 Å². The molecule has 9 nitrogen and oxygen atoms in total. The third-order valence-electron chi connectivity index (χ3n) is 3.79. The summed E-state index contributed by atoms with van der Waals surface area (Å²) in [5.41, 5.74) is 7.01. The predicted octanol–water partition coefficient (Wildman–Crippen LogP) is 3.40. The van der Waals surface area contributed by atoms with Gasteiger partial charge in [-0.15, -0.1) is 5.10 Å². The minimum absolute atomic E-state index is 0.101. The molecule has 0 saturated heterocycles. The van der Waals surface area contributed by atoms with E-state index < -0.39 is 11.7 Å². The number of nitrogens with two attached hydrogens (primary N) is 1. The van der Waals surface area contributed by atoms with E-state index in [1.807, 2.05) is 13.8 Å². The Hall–Kier alpha value is -3.82. The molecule has 150 valence electrons. The molecule has 29 heavy (non-hydrogen) atoms. The van der Waals surface area contributed by atoms with Gasteiger partial charge in [-0.3, -0.25) is 4.79 Å². The maximum absolute atomic E-state index is 14.3. The predicted molar refractivity (Wildman–Crippen MR) is 106 cm³/mol. The number of nitrogens with zero attached hydrogens (tertiary/aromatic N) is 5. The summed E-state index contributed by atoms with van der Waals surface area (Å²) in [6.45, 7) is 7.32. The molecule has 3 N–H and O–H groups in total. The van der Waals surface area contributed by atoms with E-state index in [1.54, 1.807) is 13.8 Å². The first-order chi connectivity index (χ1) is 13.9. The number of halogens is 1. The topological polar surface area (TPSA) is 124 Å². The molecule has 10 heteroatoms. The second-order valence-corrected chi connectivity index (χ2v) is 5.86. The molecule has 0 aliphatic heterocycles. The van der Waals surface area contributed by atoms with Gasteiger partial charge in [-0.1, -0.05) is 13.8 Å². The Morgan fingerprint density at radius 3 is 2.69 bits per heavy atom. The fourth-order valence-corrected chi connectivity index (χ4v) is 2.61. The van der Waals surface area contributed by atoms with Crippen LogP contribution in [-0.2, 0) is 0 Å². The SMILES string of the molecule is CC.Cc1nc(C)c(C(=O)Nc2ccc(F)c(-c3nc4ncc(N)cn4n3)c2)o1. The van der Waals surface area contributed by atoms with Gasteiger partial charge in [0.15, 0.2) is 11.7 Å². The quantitative estimate of drug-likeness (QED) is 0.543. The zero-order valence-corrected chi connectivity index (χ0v) is 16.4. The van der Waals surface area contributed by atoms with Gasteiger partial charge in [0.1, 0.15) is 5.82 Å². The second-order valence-electron chi connectivity index (χ2n) is 5.86. The normalized spacial score (nSPS) is 10.5. The number of hydrogen-bond donors (Lipinski definition) is 2. The summed E-state index contributed by atoms with van der Waals surface area (Å²) in [6.07, 6.45) is 2.96. The van der Waals surface area contributed by atoms with Crippen LogP contribution < -0.4 is 11.1 Å². The van der Waals surface area contributed by atoms with Crippen LogP contribution in [0.5, 0.6) is 0 Å². The zero-order chi connectivity index (χ0) is 21.1. The van der Waals surface area contributed by atoms with Crippen molar-refractivity contribution in [2.45, 2.75) is 27.7 Å². The van der Waals surface area contributed by atoms with E-state index in [0.717, 1.165) is 0 Å². The van der Waals surface area contributed by atoms with E-state index in [-0.39, 0.29) is 22.9 Å². The number of aryl methyl sites for hydroxylation is 2. The standard InChI is InChI=1S/C17H14FN7O2.C2H6/c1-8-14(27-9(2)21-8)16(26)22-11-3-4-13(18)12(5-11)15-23-17-20-6-10(19)7-25(17)24-15;1-2/h3-7H,19H2,1-2H3,(H,22,26);1-2H3. The van der Waals surface area contributed by atoms with Crippen LogP contribution in [0.2, 0.25) is 0 Å². The fraction of sp³-hybridized carbons (Fsp3) is 0.211. The Balaban J connectivity index is 0.00000117. The third-order valence-corrected chi connectivity index (χ3v) is 3.79. The molecular formula is C19H20FN7O2. The van der Waals surface area contributed by atoms with Crippen LogP contribution in [0.25, 0.3) is 17.2 Å². The van der Waals surface area contributed by atoms with Gasteiger partial charge in [0, 0.05) is 12.6 Å². The number of fused-ring (bicyclic) bond motifs is 1. The summed E-state index contributed by atoms with van der Waals surface area (Å²) in [4.78, 5) is 24.6. The van der Waals surface area contributed by atoms with Gasteiger partial charge in [-0.05, 0) is 25.1 Å². The molecule has 0 atom stereocenters. The monoisotopic (exact) mass is 397 g/mol. The van der Waals surface area contributed by atoms with Crippen molar-refractivity contribution in [2.24, 2.45) is 0 Å². The lowest BCUT2D eigenvalue weighted by atomic mass is 10.1. The number of nitrogen functional groups attached to an aromatic ring is 1. The summed E-state index contributed by atoms with van der Waals surface area (Å²) in [5, 5.41) is 6.84. The number of carbonyl (C=O) groups excluding carboxylic acids is 1. The number of oxazole rings is 1. The van der Waals surface area contributed by atoms with Crippen LogP contribution in [-0.4, -0.2) is 30.5 Å². The fourth-order valence-electron chi connectivity index (χ4n) is 2.61. The van der Waals surface area contributed by atoms with Crippen LogP contribution in [0, 0.1) is 19.7 Å². The average Bonchev–Trinajstić information content (AvgIpc) is 3.26.